The summed E-state index contributed by atoms with van der Waals surface area (Å²) < 4.78 is 39.9. The first-order valence-electron chi connectivity index (χ1n) is 10.5. The van der Waals surface area contributed by atoms with Gasteiger partial charge in [-0.25, -0.2) is 13.2 Å². The number of anilines is 1. The molecule has 0 amide bonds. The van der Waals surface area contributed by atoms with Gasteiger partial charge in [-0.15, -0.1) is 0 Å². The molecule has 2 aromatic carbocycles. The number of pyridine rings is 1. The van der Waals surface area contributed by atoms with E-state index in [0.29, 0.717) is 28.1 Å². The number of nitrogens with one attached hydrogen (secondary N) is 1. The maximum atomic E-state index is 12.6. The van der Waals surface area contributed by atoms with Crippen LogP contribution in [0.15, 0.2) is 90.1 Å². The zero-order chi connectivity index (χ0) is 24.8. The zero-order valence-electron chi connectivity index (χ0n) is 18.7. The first kappa shape index (κ1) is 23.6. The van der Waals surface area contributed by atoms with Crippen molar-refractivity contribution in [2.75, 3.05) is 11.8 Å². The van der Waals surface area contributed by atoms with Crippen molar-refractivity contribution < 1.29 is 22.7 Å². The Bertz CT molecular complexity index is 1530. The summed E-state index contributed by atoms with van der Waals surface area (Å²) in [4.78, 5) is 12.2. The molecule has 0 bridgehead atoms. The smallest absolute Gasteiger partial charge is 0.331 e. The Morgan fingerprint density at radius 2 is 1.83 bits per heavy atom. The molecule has 0 radical (unpaired) electrons. The normalized spacial score (nSPS) is 11.3. The molecule has 2 heterocycles. The van der Waals surface area contributed by atoms with Gasteiger partial charge in [0.15, 0.2) is 0 Å². The molecule has 2 aromatic heterocycles. The van der Waals surface area contributed by atoms with Crippen molar-refractivity contribution in [2.45, 2.75) is 11.5 Å². The summed E-state index contributed by atoms with van der Waals surface area (Å²) in [5.74, 6) is 0.0391. The fraction of sp³-hybridized carbons (Fsp3) is 0.0769. The minimum atomic E-state index is -3.77. The highest BCUT2D eigenvalue weighted by molar-refractivity contribution is 7.92. The first-order chi connectivity index (χ1) is 16.9. The lowest BCUT2D eigenvalue weighted by molar-refractivity contribution is -0.138. The molecule has 0 atom stereocenters. The predicted octanol–water partition coefficient (Wildman–Crippen LogP) is 4.38. The Hall–Kier alpha value is -4.55. The van der Waals surface area contributed by atoms with E-state index in [4.69, 9.17) is 9.47 Å². The van der Waals surface area contributed by atoms with Crippen LogP contribution in [0.5, 0.6) is 5.75 Å². The van der Waals surface area contributed by atoms with Crippen molar-refractivity contribution in [3.05, 3.63) is 102 Å². The lowest BCUT2D eigenvalue weighted by Crippen LogP contribution is -2.12. The summed E-state index contributed by atoms with van der Waals surface area (Å²) in [5, 5.41) is 9.44. The number of esters is 1. The van der Waals surface area contributed by atoms with Crippen molar-refractivity contribution >= 4 is 33.3 Å². The zero-order valence-corrected chi connectivity index (χ0v) is 19.5. The average molecular weight is 488 g/mol. The highest BCUT2D eigenvalue weighted by Gasteiger charge is 2.14. The summed E-state index contributed by atoms with van der Waals surface area (Å²) in [6, 6.07) is 20.2. The Morgan fingerprint density at radius 3 is 2.51 bits per heavy atom. The fourth-order valence-corrected chi connectivity index (χ4v) is 4.47. The molecular formula is C26H21N3O5S. The van der Waals surface area contributed by atoms with Gasteiger partial charge in [0.1, 0.15) is 18.4 Å². The Morgan fingerprint density at radius 1 is 1.09 bits per heavy atom. The molecule has 35 heavy (non-hydrogen) atoms. The van der Waals surface area contributed by atoms with Crippen molar-refractivity contribution in [2.24, 2.45) is 0 Å². The second-order valence-corrected chi connectivity index (χ2v) is 9.16. The standard InChI is InChI=1S/C26H21N3O5S/c1-33-22-10-8-21(9-11-22)28-35(31,32)23-12-5-19(6-13-23)7-14-26(30)34-18-20-17-29-15-3-2-4-25(29)24(20)16-27/h2-15,17,28H,18H2,1H3/b14-7+. The van der Waals surface area contributed by atoms with Crippen molar-refractivity contribution in [1.29, 1.82) is 5.26 Å². The second kappa shape index (κ2) is 10.2. The van der Waals surface area contributed by atoms with Gasteiger partial charge < -0.3 is 13.9 Å². The van der Waals surface area contributed by atoms with E-state index in [2.05, 4.69) is 10.8 Å². The molecule has 0 saturated heterocycles. The third-order valence-corrected chi connectivity index (χ3v) is 6.59. The number of sulfonamides is 1. The molecule has 4 aromatic rings. The van der Waals surface area contributed by atoms with Crippen LogP contribution >= 0.6 is 0 Å². The number of hydrogen-bond acceptors (Lipinski definition) is 6. The van der Waals surface area contributed by atoms with Gasteiger partial charge in [-0.05, 0) is 60.2 Å². The van der Waals surface area contributed by atoms with E-state index in [9.17, 15) is 18.5 Å². The van der Waals surface area contributed by atoms with E-state index in [0.717, 1.165) is 5.52 Å². The molecule has 1 N–H and O–H groups in total. The second-order valence-electron chi connectivity index (χ2n) is 7.48. The van der Waals surface area contributed by atoms with Crippen LogP contribution in [0.4, 0.5) is 5.69 Å². The number of benzene rings is 2. The maximum absolute atomic E-state index is 12.6. The largest absolute Gasteiger partial charge is 0.497 e. The molecule has 4 rings (SSSR count). The Labute approximate surface area is 202 Å². The van der Waals surface area contributed by atoms with E-state index in [1.165, 1.54) is 31.4 Å². The minimum Gasteiger partial charge on any atom is -0.497 e. The Balaban J connectivity index is 1.37. The summed E-state index contributed by atoms with van der Waals surface area (Å²) in [5.41, 5.74) is 2.85. The molecule has 8 nitrogen and oxygen atoms in total. The number of rotatable bonds is 8. The highest BCUT2D eigenvalue weighted by atomic mass is 32.2. The number of fused-ring (bicyclic) bond motifs is 1. The van der Waals surface area contributed by atoms with E-state index >= 15 is 0 Å². The Kier molecular flexibility index (Phi) is 6.85. The summed E-state index contributed by atoms with van der Waals surface area (Å²) in [6.07, 6.45) is 6.35. The number of carbonyl (C=O) groups is 1. The number of carbonyl (C=O) groups excluding carboxylic acids is 1. The van der Waals surface area contributed by atoms with Crippen molar-refractivity contribution in [3.8, 4) is 11.8 Å². The quantitative estimate of drug-likeness (QED) is 0.292. The van der Waals surface area contributed by atoms with Crippen LogP contribution in [0.2, 0.25) is 0 Å². The molecular weight excluding hydrogens is 466 g/mol. The van der Waals surface area contributed by atoms with Crippen molar-refractivity contribution in [3.63, 3.8) is 0 Å². The number of methoxy groups -OCH3 is 1. The van der Waals surface area contributed by atoms with Crippen LogP contribution < -0.4 is 9.46 Å². The van der Waals surface area contributed by atoms with Crippen LogP contribution in [0.1, 0.15) is 16.7 Å². The number of ether oxygens (including phenoxy) is 2. The number of nitriles is 1. The molecule has 0 unspecified atom stereocenters. The van der Waals surface area contributed by atoms with E-state index in [1.54, 1.807) is 47.0 Å². The third kappa shape index (κ3) is 5.51. The molecule has 0 aliphatic heterocycles. The van der Waals surface area contributed by atoms with E-state index in [-0.39, 0.29) is 11.5 Å². The monoisotopic (exact) mass is 487 g/mol. The van der Waals surface area contributed by atoms with Gasteiger partial charge in [0.2, 0.25) is 0 Å². The van der Waals surface area contributed by atoms with Crippen LogP contribution in [0.3, 0.4) is 0 Å². The third-order valence-electron chi connectivity index (χ3n) is 5.19. The van der Waals surface area contributed by atoms with Gasteiger partial charge in [0, 0.05) is 29.7 Å². The maximum Gasteiger partial charge on any atom is 0.331 e. The molecule has 0 saturated carbocycles. The molecule has 0 spiro atoms. The summed E-state index contributed by atoms with van der Waals surface area (Å²) >= 11 is 0. The van der Waals surface area contributed by atoms with Gasteiger partial charge in [0.05, 0.1) is 23.1 Å². The minimum absolute atomic E-state index is 0.0397. The summed E-state index contributed by atoms with van der Waals surface area (Å²) in [6.45, 7) is -0.0397. The number of hydrogen-bond donors (Lipinski definition) is 1. The average Bonchev–Trinajstić information content (AvgIpc) is 3.24. The highest BCUT2D eigenvalue weighted by Crippen LogP contribution is 2.21. The van der Waals surface area contributed by atoms with E-state index in [1.807, 2.05) is 24.4 Å². The first-order valence-corrected chi connectivity index (χ1v) is 12.0. The summed E-state index contributed by atoms with van der Waals surface area (Å²) in [7, 11) is -2.24. The number of nitrogens with zero attached hydrogens (tertiary/aromatic N) is 2. The van der Waals surface area contributed by atoms with Gasteiger partial charge in [-0.1, -0.05) is 18.2 Å². The van der Waals surface area contributed by atoms with Gasteiger partial charge in [0.25, 0.3) is 10.0 Å². The topological polar surface area (TPSA) is 110 Å². The lowest BCUT2D eigenvalue weighted by atomic mass is 10.2. The van der Waals surface area contributed by atoms with Gasteiger partial charge in [-0.3, -0.25) is 4.72 Å². The predicted molar refractivity (Wildman–Crippen MR) is 131 cm³/mol. The van der Waals surface area contributed by atoms with E-state index < -0.39 is 16.0 Å². The molecule has 0 aliphatic carbocycles. The molecule has 9 heteroatoms. The molecule has 176 valence electrons. The number of aromatic nitrogens is 1. The van der Waals surface area contributed by atoms with Crippen molar-refractivity contribution in [1.82, 2.24) is 4.40 Å². The van der Waals surface area contributed by atoms with Gasteiger partial charge >= 0.3 is 5.97 Å². The fourth-order valence-electron chi connectivity index (χ4n) is 3.41. The van der Waals surface area contributed by atoms with Crippen LogP contribution in [-0.4, -0.2) is 25.9 Å². The lowest BCUT2D eigenvalue weighted by Gasteiger charge is -2.09. The molecule has 0 fully saturated rings. The van der Waals surface area contributed by atoms with Crippen LogP contribution in [-0.2, 0) is 26.2 Å². The SMILES string of the molecule is COc1ccc(NS(=O)(=O)c2ccc(/C=C/C(=O)OCc3cn4ccccc4c3C#N)cc2)cc1. The molecule has 0 aliphatic rings. The van der Waals surface area contributed by atoms with Crippen LogP contribution in [0, 0.1) is 11.3 Å². The van der Waals surface area contributed by atoms with Crippen LogP contribution in [0.25, 0.3) is 11.6 Å². The van der Waals surface area contributed by atoms with Gasteiger partial charge in [-0.2, -0.15) is 5.26 Å².